The molecule has 0 aromatic heterocycles. The maximum atomic E-state index is 10.8. The van der Waals surface area contributed by atoms with Crippen LogP contribution in [-0.4, -0.2) is 43.0 Å². The summed E-state index contributed by atoms with van der Waals surface area (Å²) in [6, 6.07) is 10.7. The summed E-state index contributed by atoms with van der Waals surface area (Å²) >= 11 is 0. The van der Waals surface area contributed by atoms with Crippen molar-refractivity contribution < 1.29 is 4.79 Å². The maximum absolute atomic E-state index is 10.8. The molecule has 4 nitrogen and oxygen atoms in total. The second kappa shape index (κ2) is 6.48. The maximum Gasteiger partial charge on any atom is 0.138 e. The molecule has 2 heterocycles. The van der Waals surface area contributed by atoms with Crippen LogP contribution in [0.5, 0.6) is 0 Å². The first-order valence-electron chi connectivity index (χ1n) is 7.56. The van der Waals surface area contributed by atoms with Crippen molar-refractivity contribution in [2.45, 2.75) is 31.6 Å². The number of nitrogens with one attached hydrogen (secondary N) is 2. The third-order valence-corrected chi connectivity index (χ3v) is 4.47. The van der Waals surface area contributed by atoms with Crippen LogP contribution < -0.4 is 10.6 Å². The molecule has 0 saturated carbocycles. The lowest BCUT2D eigenvalue weighted by molar-refractivity contribution is -0.109. The average Bonchev–Trinajstić information content (AvgIpc) is 2.98. The predicted octanol–water partition coefficient (Wildman–Crippen LogP) is 0.985. The zero-order valence-corrected chi connectivity index (χ0v) is 11.8. The zero-order chi connectivity index (χ0) is 13.8. The van der Waals surface area contributed by atoms with Crippen molar-refractivity contribution in [3.05, 3.63) is 35.9 Å². The van der Waals surface area contributed by atoms with E-state index in [-0.39, 0.29) is 6.04 Å². The number of rotatable bonds is 4. The molecule has 0 aliphatic carbocycles. The Balaban J connectivity index is 1.46. The zero-order valence-electron chi connectivity index (χ0n) is 11.8. The van der Waals surface area contributed by atoms with Gasteiger partial charge in [-0.3, -0.25) is 15.5 Å². The predicted molar refractivity (Wildman–Crippen MR) is 79.2 cm³/mol. The Kier molecular flexibility index (Phi) is 4.45. The quantitative estimate of drug-likeness (QED) is 0.803. The summed E-state index contributed by atoms with van der Waals surface area (Å²) in [5, 5.41) is 6.81. The van der Waals surface area contributed by atoms with E-state index >= 15 is 0 Å². The monoisotopic (exact) mass is 273 g/mol. The summed E-state index contributed by atoms with van der Waals surface area (Å²) in [6.07, 6.45) is 3.73. The van der Waals surface area contributed by atoms with E-state index in [1.807, 2.05) is 0 Å². The van der Waals surface area contributed by atoms with Crippen LogP contribution in [0.1, 0.15) is 18.4 Å². The number of carbonyl (C=O) groups is 1. The normalized spacial score (nSPS) is 28.6. The molecule has 2 N–H and O–H groups in total. The Morgan fingerprint density at radius 1 is 1.20 bits per heavy atom. The van der Waals surface area contributed by atoms with Crippen molar-refractivity contribution >= 4 is 6.29 Å². The van der Waals surface area contributed by atoms with Gasteiger partial charge in [-0.05, 0) is 37.4 Å². The molecule has 3 rings (SSSR count). The van der Waals surface area contributed by atoms with Crippen LogP contribution in [0.2, 0.25) is 0 Å². The van der Waals surface area contributed by atoms with Crippen molar-refractivity contribution in [3.8, 4) is 0 Å². The van der Waals surface area contributed by atoms with Gasteiger partial charge in [-0.15, -0.1) is 0 Å². The fourth-order valence-electron chi connectivity index (χ4n) is 3.28. The molecule has 2 atom stereocenters. The van der Waals surface area contributed by atoms with E-state index in [1.54, 1.807) is 0 Å². The molecule has 0 bridgehead atoms. The van der Waals surface area contributed by atoms with Crippen molar-refractivity contribution in [2.75, 3.05) is 19.6 Å². The third-order valence-electron chi connectivity index (χ3n) is 4.47. The fourth-order valence-corrected chi connectivity index (χ4v) is 3.28. The van der Waals surface area contributed by atoms with Gasteiger partial charge in [0, 0.05) is 13.1 Å². The van der Waals surface area contributed by atoms with Gasteiger partial charge in [-0.2, -0.15) is 0 Å². The van der Waals surface area contributed by atoms with Gasteiger partial charge >= 0.3 is 0 Å². The highest BCUT2D eigenvalue weighted by Crippen LogP contribution is 2.22. The standard InChI is InChI=1S/C16H23N3O/c20-12-15-10-17-16(18-15)14-6-8-19(9-7-14)11-13-4-2-1-3-5-13/h1-5,12,14-18H,6-11H2. The Bertz CT molecular complexity index is 429. The third kappa shape index (κ3) is 3.26. The minimum Gasteiger partial charge on any atom is -0.302 e. The van der Waals surface area contributed by atoms with E-state index in [4.69, 9.17) is 0 Å². The Hall–Kier alpha value is -1.23. The Morgan fingerprint density at radius 2 is 1.95 bits per heavy atom. The second-order valence-corrected chi connectivity index (χ2v) is 5.89. The van der Waals surface area contributed by atoms with Crippen molar-refractivity contribution in [1.29, 1.82) is 0 Å². The van der Waals surface area contributed by atoms with Gasteiger partial charge in [0.1, 0.15) is 6.29 Å². The van der Waals surface area contributed by atoms with Gasteiger partial charge in [-0.25, -0.2) is 0 Å². The second-order valence-electron chi connectivity index (χ2n) is 5.89. The molecule has 20 heavy (non-hydrogen) atoms. The minimum absolute atomic E-state index is 0.00217. The fraction of sp³-hybridized carbons (Fsp3) is 0.562. The number of hydrogen-bond acceptors (Lipinski definition) is 4. The van der Waals surface area contributed by atoms with Crippen LogP contribution in [0.4, 0.5) is 0 Å². The lowest BCUT2D eigenvalue weighted by Gasteiger charge is -2.35. The molecule has 0 radical (unpaired) electrons. The lowest BCUT2D eigenvalue weighted by atomic mass is 9.93. The van der Waals surface area contributed by atoms with Crippen molar-refractivity contribution in [2.24, 2.45) is 5.92 Å². The molecule has 108 valence electrons. The van der Waals surface area contributed by atoms with E-state index in [0.29, 0.717) is 12.1 Å². The van der Waals surface area contributed by atoms with E-state index < -0.39 is 0 Å². The molecule has 2 fully saturated rings. The summed E-state index contributed by atoms with van der Waals surface area (Å²) in [5.74, 6) is 0.645. The molecular weight excluding hydrogens is 250 g/mol. The molecule has 0 amide bonds. The van der Waals surface area contributed by atoms with Gasteiger partial charge in [0.2, 0.25) is 0 Å². The van der Waals surface area contributed by atoms with E-state index in [2.05, 4.69) is 45.9 Å². The molecule has 0 spiro atoms. The number of benzene rings is 1. The highest BCUT2D eigenvalue weighted by Gasteiger charge is 2.31. The smallest absolute Gasteiger partial charge is 0.138 e. The number of hydrogen-bond donors (Lipinski definition) is 2. The van der Waals surface area contributed by atoms with Crippen LogP contribution in [0, 0.1) is 5.92 Å². The van der Waals surface area contributed by atoms with Crippen LogP contribution in [-0.2, 0) is 11.3 Å². The molecule has 2 saturated heterocycles. The van der Waals surface area contributed by atoms with E-state index in [9.17, 15) is 4.79 Å². The summed E-state index contributed by atoms with van der Waals surface area (Å²) < 4.78 is 0. The van der Waals surface area contributed by atoms with Crippen molar-refractivity contribution in [1.82, 2.24) is 15.5 Å². The summed E-state index contributed by atoms with van der Waals surface area (Å²) in [4.78, 5) is 13.3. The van der Waals surface area contributed by atoms with Gasteiger partial charge < -0.3 is 4.79 Å². The molecule has 1 aromatic carbocycles. The first kappa shape index (κ1) is 13.7. The van der Waals surface area contributed by atoms with Crippen LogP contribution >= 0.6 is 0 Å². The van der Waals surface area contributed by atoms with Crippen LogP contribution in [0.15, 0.2) is 30.3 Å². The molecule has 2 aliphatic heterocycles. The average molecular weight is 273 g/mol. The van der Waals surface area contributed by atoms with Gasteiger partial charge in [-0.1, -0.05) is 30.3 Å². The first-order chi connectivity index (χ1) is 9.85. The van der Waals surface area contributed by atoms with Gasteiger partial charge in [0.15, 0.2) is 0 Å². The highest BCUT2D eigenvalue weighted by atomic mass is 16.1. The minimum atomic E-state index is 0.00217. The van der Waals surface area contributed by atoms with E-state index in [0.717, 1.165) is 32.5 Å². The molecule has 2 aliphatic rings. The summed E-state index contributed by atoms with van der Waals surface area (Å²) in [7, 11) is 0. The molecular formula is C16H23N3O. The topological polar surface area (TPSA) is 44.4 Å². The Morgan fingerprint density at radius 3 is 2.60 bits per heavy atom. The molecule has 2 unspecified atom stereocenters. The summed E-state index contributed by atoms with van der Waals surface area (Å²) in [5.41, 5.74) is 1.39. The molecule has 1 aromatic rings. The lowest BCUT2D eigenvalue weighted by Crippen LogP contribution is -2.46. The number of nitrogens with zero attached hydrogens (tertiary/aromatic N) is 1. The molecule has 4 heteroatoms. The Labute approximate surface area is 120 Å². The SMILES string of the molecule is O=CC1CNC(C2CCN(Cc3ccccc3)CC2)N1. The number of piperidine rings is 1. The number of likely N-dealkylation sites (tertiary alicyclic amines) is 1. The number of aldehydes is 1. The van der Waals surface area contributed by atoms with Gasteiger partial charge in [0.25, 0.3) is 0 Å². The largest absolute Gasteiger partial charge is 0.302 e. The van der Waals surface area contributed by atoms with Crippen LogP contribution in [0.25, 0.3) is 0 Å². The first-order valence-corrected chi connectivity index (χ1v) is 7.56. The summed E-state index contributed by atoms with van der Waals surface area (Å²) in [6.45, 7) is 4.12. The van der Waals surface area contributed by atoms with Crippen molar-refractivity contribution in [3.63, 3.8) is 0 Å². The highest BCUT2D eigenvalue weighted by molar-refractivity contribution is 5.58. The number of carbonyl (C=O) groups excluding carboxylic acids is 1. The van der Waals surface area contributed by atoms with Crippen LogP contribution in [0.3, 0.4) is 0 Å². The van der Waals surface area contributed by atoms with E-state index in [1.165, 1.54) is 18.4 Å². The van der Waals surface area contributed by atoms with Gasteiger partial charge in [0.05, 0.1) is 12.2 Å².